The molecule has 0 aliphatic rings. The zero-order valence-corrected chi connectivity index (χ0v) is 12.0. The molecule has 0 spiro atoms. The maximum absolute atomic E-state index is 11.4. The van der Waals surface area contributed by atoms with Gasteiger partial charge in [-0.25, -0.2) is 14.8 Å². The van der Waals surface area contributed by atoms with Crippen LogP contribution in [0.2, 0.25) is 0 Å². The molecule has 114 valence electrons. The predicted molar refractivity (Wildman–Crippen MR) is 78.9 cm³/mol. The Bertz CT molecular complexity index is 686. The molecule has 8 nitrogen and oxygen atoms in total. The van der Waals surface area contributed by atoms with Gasteiger partial charge in [0.1, 0.15) is 30.6 Å². The largest absolute Gasteiger partial charge is 0.465 e. The van der Waals surface area contributed by atoms with Gasteiger partial charge in [-0.1, -0.05) is 5.16 Å². The van der Waals surface area contributed by atoms with Gasteiger partial charge in [0.15, 0.2) is 0 Å². The highest BCUT2D eigenvalue weighted by atomic mass is 16.6. The van der Waals surface area contributed by atoms with Gasteiger partial charge in [0.2, 0.25) is 5.88 Å². The van der Waals surface area contributed by atoms with Crippen molar-refractivity contribution in [2.75, 3.05) is 20.0 Å². The van der Waals surface area contributed by atoms with Crippen LogP contribution in [-0.2, 0) is 9.57 Å². The number of hydrogen-bond acceptors (Lipinski definition) is 8. The molecule has 1 aromatic heterocycles. The number of nitrogens with zero attached hydrogens (tertiary/aromatic N) is 3. The summed E-state index contributed by atoms with van der Waals surface area (Å²) >= 11 is 0. The Balaban J connectivity index is 2.25. The number of carbonyl (C=O) groups is 1. The number of esters is 1. The van der Waals surface area contributed by atoms with Gasteiger partial charge in [0.05, 0.1) is 18.9 Å². The lowest BCUT2D eigenvalue weighted by molar-refractivity contribution is 0.0600. The first kappa shape index (κ1) is 15.2. The summed E-state index contributed by atoms with van der Waals surface area (Å²) in [5.41, 5.74) is 6.56. The van der Waals surface area contributed by atoms with E-state index in [0.717, 1.165) is 0 Å². The fourth-order valence-corrected chi connectivity index (χ4v) is 1.59. The lowest BCUT2D eigenvalue weighted by atomic mass is 10.2. The zero-order chi connectivity index (χ0) is 15.9. The van der Waals surface area contributed by atoms with E-state index in [1.807, 2.05) is 0 Å². The van der Waals surface area contributed by atoms with Crippen molar-refractivity contribution >= 4 is 18.0 Å². The van der Waals surface area contributed by atoms with Crippen LogP contribution in [0, 0.1) is 0 Å². The molecule has 0 atom stereocenters. The molecule has 1 heterocycles. The van der Waals surface area contributed by atoms with E-state index in [-0.39, 0.29) is 11.7 Å². The van der Waals surface area contributed by atoms with Crippen LogP contribution in [0.15, 0.2) is 35.7 Å². The molecule has 0 unspecified atom stereocenters. The van der Waals surface area contributed by atoms with E-state index >= 15 is 0 Å². The van der Waals surface area contributed by atoms with Crippen LogP contribution in [0.5, 0.6) is 11.6 Å². The average Bonchev–Trinajstić information content (AvgIpc) is 2.54. The fourth-order valence-electron chi connectivity index (χ4n) is 1.59. The summed E-state index contributed by atoms with van der Waals surface area (Å²) in [5.74, 6) is 0.472. The molecule has 2 N–H and O–H groups in total. The first-order valence-corrected chi connectivity index (χ1v) is 6.19. The van der Waals surface area contributed by atoms with E-state index < -0.39 is 5.97 Å². The van der Waals surface area contributed by atoms with E-state index in [2.05, 4.69) is 24.7 Å². The summed E-state index contributed by atoms with van der Waals surface area (Å²) in [5, 5.41) is 3.63. The molecule has 0 saturated carbocycles. The molecular weight excluding hydrogens is 288 g/mol. The molecule has 0 saturated heterocycles. The number of methoxy groups -OCH3 is 1. The third kappa shape index (κ3) is 3.48. The third-order valence-electron chi connectivity index (χ3n) is 2.66. The first-order valence-electron chi connectivity index (χ1n) is 6.19. The van der Waals surface area contributed by atoms with Gasteiger partial charge in [0.25, 0.3) is 0 Å². The van der Waals surface area contributed by atoms with E-state index in [4.69, 9.17) is 10.5 Å². The second kappa shape index (κ2) is 7.02. The number of oxime groups is 1. The number of benzene rings is 1. The Labute approximate surface area is 126 Å². The van der Waals surface area contributed by atoms with Gasteiger partial charge >= 0.3 is 5.97 Å². The van der Waals surface area contributed by atoms with E-state index in [0.29, 0.717) is 16.9 Å². The second-order valence-corrected chi connectivity index (χ2v) is 4.01. The number of rotatable bonds is 5. The number of nitrogen functional groups attached to an aromatic ring is 1. The van der Waals surface area contributed by atoms with Crippen molar-refractivity contribution in [3.05, 3.63) is 41.7 Å². The molecule has 0 aliphatic heterocycles. The first-order chi connectivity index (χ1) is 10.7. The van der Waals surface area contributed by atoms with Crippen molar-refractivity contribution in [1.82, 2.24) is 9.97 Å². The van der Waals surface area contributed by atoms with Gasteiger partial charge in [-0.3, -0.25) is 0 Å². The standard InChI is InChI=1S/C14H14N4O4/c1-20-14(19)9-3-5-10(6-4-9)22-13-11(7-18-21-2)12(15)16-8-17-13/h3-8H,1-2H3,(H2,15,16,17)/b18-7+. The Hall–Kier alpha value is -3.16. The molecular formula is C14H14N4O4. The van der Waals surface area contributed by atoms with Gasteiger partial charge in [-0.2, -0.15) is 0 Å². The van der Waals surface area contributed by atoms with E-state index in [1.165, 1.54) is 26.8 Å². The summed E-state index contributed by atoms with van der Waals surface area (Å²) in [6.07, 6.45) is 2.63. The highest BCUT2D eigenvalue weighted by Crippen LogP contribution is 2.24. The van der Waals surface area contributed by atoms with Gasteiger partial charge < -0.3 is 20.0 Å². The van der Waals surface area contributed by atoms with Crippen molar-refractivity contribution in [3.8, 4) is 11.6 Å². The Morgan fingerprint density at radius 3 is 2.59 bits per heavy atom. The fraction of sp³-hybridized carbons (Fsp3) is 0.143. The Morgan fingerprint density at radius 2 is 1.95 bits per heavy atom. The molecule has 0 fully saturated rings. The van der Waals surface area contributed by atoms with Crippen LogP contribution in [0.25, 0.3) is 0 Å². The van der Waals surface area contributed by atoms with Crippen molar-refractivity contribution in [1.29, 1.82) is 0 Å². The number of ether oxygens (including phenoxy) is 2. The van der Waals surface area contributed by atoms with E-state index in [9.17, 15) is 4.79 Å². The summed E-state index contributed by atoms with van der Waals surface area (Å²) in [6, 6.07) is 6.38. The van der Waals surface area contributed by atoms with Crippen molar-refractivity contribution in [2.45, 2.75) is 0 Å². The number of aromatic nitrogens is 2. The zero-order valence-electron chi connectivity index (χ0n) is 12.0. The lowest BCUT2D eigenvalue weighted by Gasteiger charge is -2.08. The van der Waals surface area contributed by atoms with Crippen LogP contribution in [-0.4, -0.2) is 36.4 Å². The minimum absolute atomic E-state index is 0.206. The second-order valence-electron chi connectivity index (χ2n) is 4.01. The van der Waals surface area contributed by atoms with Gasteiger partial charge in [-0.05, 0) is 24.3 Å². The maximum Gasteiger partial charge on any atom is 0.337 e. The highest BCUT2D eigenvalue weighted by molar-refractivity contribution is 5.89. The van der Waals surface area contributed by atoms with Crippen molar-refractivity contribution in [2.24, 2.45) is 5.16 Å². The molecule has 2 rings (SSSR count). The van der Waals surface area contributed by atoms with Crippen molar-refractivity contribution in [3.63, 3.8) is 0 Å². The SMILES string of the molecule is CO/N=C/c1c(N)ncnc1Oc1ccc(C(=O)OC)cc1. The topological polar surface area (TPSA) is 109 Å². The Morgan fingerprint density at radius 1 is 1.23 bits per heavy atom. The lowest BCUT2D eigenvalue weighted by Crippen LogP contribution is -2.03. The number of carbonyl (C=O) groups excluding carboxylic acids is 1. The molecule has 0 bridgehead atoms. The molecule has 0 radical (unpaired) electrons. The minimum Gasteiger partial charge on any atom is -0.465 e. The van der Waals surface area contributed by atoms with E-state index in [1.54, 1.807) is 24.3 Å². The molecule has 0 aliphatic carbocycles. The summed E-state index contributed by atoms with van der Waals surface area (Å²) < 4.78 is 10.3. The third-order valence-corrected chi connectivity index (χ3v) is 2.66. The number of nitrogens with two attached hydrogens (primary N) is 1. The monoisotopic (exact) mass is 302 g/mol. The highest BCUT2D eigenvalue weighted by Gasteiger charge is 2.11. The maximum atomic E-state index is 11.4. The van der Waals surface area contributed by atoms with Gasteiger partial charge in [0, 0.05) is 0 Å². The quantitative estimate of drug-likeness (QED) is 0.507. The van der Waals surface area contributed by atoms with Crippen LogP contribution >= 0.6 is 0 Å². The molecule has 0 amide bonds. The predicted octanol–water partition coefficient (Wildman–Crippen LogP) is 1.62. The number of anilines is 1. The molecule has 2 aromatic rings. The van der Waals surface area contributed by atoms with Crippen molar-refractivity contribution < 1.29 is 19.1 Å². The summed E-state index contributed by atoms with van der Waals surface area (Å²) in [6.45, 7) is 0. The summed E-state index contributed by atoms with van der Waals surface area (Å²) in [7, 11) is 2.72. The van der Waals surface area contributed by atoms with Gasteiger partial charge in [-0.15, -0.1) is 0 Å². The van der Waals surface area contributed by atoms with Crippen LogP contribution < -0.4 is 10.5 Å². The van der Waals surface area contributed by atoms with Crippen LogP contribution in [0.4, 0.5) is 5.82 Å². The molecule has 8 heteroatoms. The molecule has 1 aromatic carbocycles. The average molecular weight is 302 g/mol. The minimum atomic E-state index is -0.425. The van der Waals surface area contributed by atoms with Crippen LogP contribution in [0.3, 0.4) is 0 Å². The van der Waals surface area contributed by atoms with Crippen LogP contribution in [0.1, 0.15) is 15.9 Å². The Kier molecular flexibility index (Phi) is 4.86. The smallest absolute Gasteiger partial charge is 0.337 e. The number of hydrogen-bond donors (Lipinski definition) is 1. The normalized spacial score (nSPS) is 10.5. The molecule has 22 heavy (non-hydrogen) atoms. The summed E-state index contributed by atoms with van der Waals surface area (Å²) in [4.78, 5) is 23.9.